The molecule has 0 atom stereocenters. The van der Waals surface area contributed by atoms with E-state index in [2.05, 4.69) is 31.9 Å². The van der Waals surface area contributed by atoms with E-state index in [0.29, 0.717) is 12.3 Å². The summed E-state index contributed by atoms with van der Waals surface area (Å²) in [6.45, 7) is 8.00. The van der Waals surface area contributed by atoms with E-state index >= 15 is 0 Å². The Hall–Kier alpha value is 0.640. The molecule has 22 heavy (non-hydrogen) atoms. The molecule has 0 unspecified atom stereocenters. The number of rotatable bonds is 8. The van der Waals surface area contributed by atoms with Crippen LogP contribution >= 0.6 is 46.1 Å². The first-order chi connectivity index (χ1) is 10.2. The van der Waals surface area contributed by atoms with E-state index in [9.17, 15) is 9.13 Å². The summed E-state index contributed by atoms with van der Waals surface area (Å²) >= 11 is 7.08. The Morgan fingerprint density at radius 3 is 1.23 bits per heavy atom. The molecule has 0 saturated heterocycles. The van der Waals surface area contributed by atoms with E-state index in [1.54, 1.807) is 0 Å². The Labute approximate surface area is 151 Å². The zero-order chi connectivity index (χ0) is 17.0. The maximum absolute atomic E-state index is 12.9. The fraction of sp³-hybridized carbons (Fsp3) is 0.625. The summed E-state index contributed by atoms with van der Waals surface area (Å²) in [5.41, 5.74) is 2.17. The molecule has 0 amide bonds. The van der Waals surface area contributed by atoms with Gasteiger partial charge in [0.1, 0.15) is 0 Å². The Morgan fingerprint density at radius 1 is 0.727 bits per heavy atom. The molecule has 0 fully saturated rings. The van der Waals surface area contributed by atoms with Crippen molar-refractivity contribution < 1.29 is 9.13 Å². The van der Waals surface area contributed by atoms with Gasteiger partial charge in [0.25, 0.3) is 0 Å². The van der Waals surface area contributed by atoms with Gasteiger partial charge >= 0.3 is 0 Å². The Balaban J connectivity index is 3.29. The lowest BCUT2D eigenvalue weighted by Crippen LogP contribution is -2.02. The standard InChI is InChI=1S/C16H26Br2O2P2/c1-5-21(19,6-2)11-13-9-15(17)16(18)10-14(13)12-22(20,7-3)8-4/h9-10H,5-8,11-12H2,1-4H3. The van der Waals surface area contributed by atoms with Crippen molar-refractivity contribution in [1.29, 1.82) is 0 Å². The summed E-state index contributed by atoms with van der Waals surface area (Å²) in [4.78, 5) is 0. The van der Waals surface area contributed by atoms with Crippen molar-refractivity contribution in [3.8, 4) is 0 Å². The second-order valence-corrected chi connectivity index (χ2v) is 14.8. The van der Waals surface area contributed by atoms with Crippen LogP contribution in [-0.2, 0) is 21.5 Å². The summed E-state index contributed by atoms with van der Waals surface area (Å²) < 4.78 is 27.7. The van der Waals surface area contributed by atoms with Gasteiger partial charge in [-0.25, -0.2) is 0 Å². The molecule has 0 radical (unpaired) electrons. The molecule has 1 aromatic carbocycles. The van der Waals surface area contributed by atoms with E-state index < -0.39 is 14.3 Å². The van der Waals surface area contributed by atoms with Crippen LogP contribution in [0.2, 0.25) is 0 Å². The molecule has 0 N–H and O–H groups in total. The molecule has 0 aliphatic rings. The normalized spacial score (nSPS) is 12.6. The highest BCUT2D eigenvalue weighted by molar-refractivity contribution is 9.13. The Bertz CT molecular complexity index is 545. The molecule has 126 valence electrons. The third-order valence-electron chi connectivity index (χ3n) is 4.46. The second kappa shape index (κ2) is 8.65. The molecule has 0 spiro atoms. The van der Waals surface area contributed by atoms with Crippen LogP contribution in [0.25, 0.3) is 0 Å². The van der Waals surface area contributed by atoms with Gasteiger partial charge in [-0.15, -0.1) is 0 Å². The number of hydrogen-bond acceptors (Lipinski definition) is 2. The van der Waals surface area contributed by atoms with Crippen molar-refractivity contribution in [3.05, 3.63) is 32.2 Å². The van der Waals surface area contributed by atoms with Crippen LogP contribution in [0.5, 0.6) is 0 Å². The van der Waals surface area contributed by atoms with Gasteiger partial charge in [-0.3, -0.25) is 0 Å². The van der Waals surface area contributed by atoms with Crippen LogP contribution in [-0.4, -0.2) is 24.6 Å². The average molecular weight is 472 g/mol. The van der Waals surface area contributed by atoms with E-state index in [0.717, 1.165) is 44.7 Å². The maximum atomic E-state index is 12.9. The highest BCUT2D eigenvalue weighted by Gasteiger charge is 2.24. The molecular formula is C16H26Br2O2P2. The summed E-state index contributed by atoms with van der Waals surface area (Å²) in [5, 5.41) is 0. The van der Waals surface area contributed by atoms with Gasteiger partial charge in [-0.1, -0.05) is 27.7 Å². The number of halogens is 2. The van der Waals surface area contributed by atoms with Crippen molar-refractivity contribution >= 4 is 46.1 Å². The average Bonchev–Trinajstić information content (AvgIpc) is 2.51. The van der Waals surface area contributed by atoms with Crippen LogP contribution in [0, 0.1) is 0 Å². The van der Waals surface area contributed by atoms with Crippen molar-refractivity contribution in [2.75, 3.05) is 24.6 Å². The smallest absolute Gasteiger partial charge is 0.0914 e. The Kier molecular flexibility index (Phi) is 8.14. The molecule has 0 aliphatic carbocycles. The van der Waals surface area contributed by atoms with Crippen molar-refractivity contribution in [2.45, 2.75) is 40.0 Å². The van der Waals surface area contributed by atoms with Gasteiger partial charge in [0.15, 0.2) is 0 Å². The predicted octanol–water partition coefficient (Wildman–Crippen LogP) is 7.02. The van der Waals surface area contributed by atoms with Gasteiger partial charge in [-0.05, 0) is 79.8 Å². The lowest BCUT2D eigenvalue weighted by Gasteiger charge is -2.21. The minimum absolute atomic E-state index is 0.606. The monoisotopic (exact) mass is 470 g/mol. The van der Waals surface area contributed by atoms with E-state index in [1.165, 1.54) is 0 Å². The molecule has 0 aromatic heterocycles. The summed E-state index contributed by atoms with van der Waals surface area (Å²) in [7, 11) is -4.35. The topological polar surface area (TPSA) is 34.1 Å². The van der Waals surface area contributed by atoms with Gasteiger partial charge in [0.2, 0.25) is 0 Å². The quantitative estimate of drug-likeness (QED) is 0.382. The molecule has 0 bridgehead atoms. The Morgan fingerprint density at radius 2 is 1.00 bits per heavy atom. The first-order valence-electron chi connectivity index (χ1n) is 7.83. The summed E-state index contributed by atoms with van der Waals surface area (Å²) in [6.07, 6.45) is 4.08. The van der Waals surface area contributed by atoms with Gasteiger partial charge in [-0.2, -0.15) is 0 Å². The van der Waals surface area contributed by atoms with E-state index in [-0.39, 0.29) is 0 Å². The fourth-order valence-corrected chi connectivity index (χ4v) is 6.84. The van der Waals surface area contributed by atoms with Gasteiger partial charge < -0.3 is 9.13 Å². The lowest BCUT2D eigenvalue weighted by atomic mass is 10.1. The van der Waals surface area contributed by atoms with Crippen LogP contribution in [0.1, 0.15) is 38.8 Å². The van der Waals surface area contributed by atoms with Crippen molar-refractivity contribution in [1.82, 2.24) is 0 Å². The van der Waals surface area contributed by atoms with Crippen LogP contribution < -0.4 is 0 Å². The lowest BCUT2D eigenvalue weighted by molar-refractivity contribution is 0.573. The first kappa shape index (κ1) is 20.7. The minimum Gasteiger partial charge on any atom is -0.323 e. The van der Waals surface area contributed by atoms with Crippen LogP contribution in [0.4, 0.5) is 0 Å². The van der Waals surface area contributed by atoms with Gasteiger partial charge in [0, 0.05) is 21.3 Å². The van der Waals surface area contributed by atoms with E-state index in [4.69, 9.17) is 0 Å². The summed E-state index contributed by atoms with van der Waals surface area (Å²) in [6, 6.07) is 4.10. The van der Waals surface area contributed by atoms with E-state index in [1.807, 2.05) is 39.8 Å². The molecule has 1 rings (SSSR count). The molecule has 0 aliphatic heterocycles. The minimum atomic E-state index is -2.17. The molecule has 0 saturated carbocycles. The summed E-state index contributed by atoms with van der Waals surface area (Å²) in [5.74, 6) is 0. The first-order valence-corrected chi connectivity index (χ1v) is 13.9. The van der Waals surface area contributed by atoms with Crippen molar-refractivity contribution in [2.24, 2.45) is 0 Å². The number of benzene rings is 1. The van der Waals surface area contributed by atoms with Crippen molar-refractivity contribution in [3.63, 3.8) is 0 Å². The molecule has 0 heterocycles. The molecule has 6 heteroatoms. The molecule has 2 nitrogen and oxygen atoms in total. The second-order valence-electron chi connectivity index (χ2n) is 5.73. The van der Waals surface area contributed by atoms with Crippen LogP contribution in [0.3, 0.4) is 0 Å². The zero-order valence-electron chi connectivity index (χ0n) is 13.9. The van der Waals surface area contributed by atoms with Gasteiger partial charge in [0.05, 0.1) is 14.3 Å². The highest BCUT2D eigenvalue weighted by atomic mass is 79.9. The number of hydrogen-bond donors (Lipinski definition) is 0. The SMILES string of the molecule is CCP(=O)(CC)Cc1cc(Br)c(Br)cc1CP(=O)(CC)CC. The zero-order valence-corrected chi connectivity index (χ0v) is 18.8. The third-order valence-corrected chi connectivity index (χ3v) is 12.8. The van der Waals surface area contributed by atoms with Crippen LogP contribution in [0.15, 0.2) is 21.1 Å². The maximum Gasteiger partial charge on any atom is 0.0914 e. The third kappa shape index (κ3) is 5.33. The molecular weight excluding hydrogens is 446 g/mol. The molecule has 1 aromatic rings. The highest BCUT2D eigenvalue weighted by Crippen LogP contribution is 2.53. The fourth-order valence-electron chi connectivity index (χ4n) is 2.44. The predicted molar refractivity (Wildman–Crippen MR) is 107 cm³/mol. The largest absolute Gasteiger partial charge is 0.323 e.